The molecule has 0 N–H and O–H groups in total. The summed E-state index contributed by atoms with van der Waals surface area (Å²) in [7, 11) is 0. The molecule has 0 radical (unpaired) electrons. The van der Waals surface area contributed by atoms with E-state index in [-0.39, 0.29) is 5.41 Å². The van der Waals surface area contributed by atoms with Crippen molar-refractivity contribution in [3.05, 3.63) is 77.9 Å². The van der Waals surface area contributed by atoms with Gasteiger partial charge in [-0.1, -0.05) is 51.1 Å². The van der Waals surface area contributed by atoms with Crippen molar-refractivity contribution in [1.82, 2.24) is 0 Å². The van der Waals surface area contributed by atoms with Crippen LogP contribution in [0.5, 0.6) is 11.5 Å². The predicted molar refractivity (Wildman–Crippen MR) is 109 cm³/mol. The van der Waals surface area contributed by atoms with E-state index >= 15 is 0 Å². The highest BCUT2D eigenvalue weighted by atomic mass is 16.5. The van der Waals surface area contributed by atoms with Crippen molar-refractivity contribution >= 4 is 17.1 Å². The fourth-order valence-corrected chi connectivity index (χ4v) is 3.40. The molecule has 0 aliphatic carbocycles. The first-order chi connectivity index (χ1) is 12.5. The van der Waals surface area contributed by atoms with Gasteiger partial charge in [-0.25, -0.2) is 0 Å². The Morgan fingerprint density at radius 2 is 1.50 bits per heavy atom. The van der Waals surface area contributed by atoms with Crippen molar-refractivity contribution in [2.75, 3.05) is 4.90 Å². The Labute approximate surface area is 156 Å². The lowest BCUT2D eigenvalue weighted by molar-refractivity contribution is 0.466. The van der Waals surface area contributed by atoms with Crippen LogP contribution in [0.4, 0.5) is 17.1 Å². The van der Waals surface area contributed by atoms with Crippen molar-refractivity contribution in [3.63, 3.8) is 0 Å². The Morgan fingerprint density at radius 1 is 0.846 bits per heavy atom. The number of fused-ring (bicyclic) bond motifs is 2. The zero-order valence-corrected chi connectivity index (χ0v) is 15.9. The maximum absolute atomic E-state index is 6.35. The zero-order valence-electron chi connectivity index (χ0n) is 15.9. The first kappa shape index (κ1) is 16.7. The van der Waals surface area contributed by atoms with Gasteiger partial charge >= 0.3 is 0 Å². The Morgan fingerprint density at radius 3 is 2.19 bits per heavy atom. The van der Waals surface area contributed by atoms with Crippen molar-refractivity contribution in [2.24, 2.45) is 0 Å². The fraction of sp³-hybridized carbons (Fsp3) is 0.250. The molecule has 0 aromatic heterocycles. The molecule has 2 heteroatoms. The highest BCUT2D eigenvalue weighted by molar-refractivity contribution is 5.86. The van der Waals surface area contributed by atoms with Crippen molar-refractivity contribution < 1.29 is 4.74 Å². The van der Waals surface area contributed by atoms with Gasteiger partial charge in [-0.15, -0.1) is 0 Å². The van der Waals surface area contributed by atoms with E-state index in [4.69, 9.17) is 4.74 Å². The first-order valence-corrected chi connectivity index (χ1v) is 9.28. The minimum absolute atomic E-state index is 0.128. The third kappa shape index (κ3) is 2.76. The van der Waals surface area contributed by atoms with Crippen LogP contribution in [-0.4, -0.2) is 0 Å². The van der Waals surface area contributed by atoms with E-state index in [1.54, 1.807) is 0 Å². The summed E-state index contributed by atoms with van der Waals surface area (Å²) in [5.74, 6) is 1.83. The minimum Gasteiger partial charge on any atom is -0.453 e. The van der Waals surface area contributed by atoms with E-state index in [0.29, 0.717) is 0 Å². The van der Waals surface area contributed by atoms with Gasteiger partial charge in [0.1, 0.15) is 0 Å². The normalized spacial score (nSPS) is 13.0. The average Bonchev–Trinajstić information content (AvgIpc) is 2.66. The van der Waals surface area contributed by atoms with Crippen LogP contribution in [0.15, 0.2) is 66.7 Å². The SMILES string of the molecule is CCC(C)(C)c1ccc2c(c1)Oc1cc(C)ccc1N2c1ccccc1. The molecule has 3 aromatic rings. The molecule has 0 atom stereocenters. The predicted octanol–water partition coefficient (Wildman–Crippen LogP) is 7.26. The van der Waals surface area contributed by atoms with Crippen LogP contribution in [0.2, 0.25) is 0 Å². The summed E-state index contributed by atoms with van der Waals surface area (Å²) >= 11 is 0. The quantitative estimate of drug-likeness (QED) is 0.388. The van der Waals surface area contributed by atoms with Gasteiger partial charge in [-0.05, 0) is 66.3 Å². The Bertz CT molecular complexity index is 944. The smallest absolute Gasteiger partial charge is 0.151 e. The summed E-state index contributed by atoms with van der Waals surface area (Å²) in [6, 6.07) is 23.5. The molecule has 1 aliphatic heterocycles. The summed E-state index contributed by atoms with van der Waals surface area (Å²) in [6.07, 6.45) is 1.09. The number of ether oxygens (including phenoxy) is 1. The summed E-state index contributed by atoms with van der Waals surface area (Å²) in [6.45, 7) is 8.90. The summed E-state index contributed by atoms with van der Waals surface area (Å²) in [5.41, 5.74) is 5.95. The lowest BCUT2D eigenvalue weighted by atomic mass is 9.82. The van der Waals surface area contributed by atoms with Crippen molar-refractivity contribution in [2.45, 2.75) is 39.5 Å². The molecule has 132 valence electrons. The molecule has 0 fully saturated rings. The highest BCUT2D eigenvalue weighted by Gasteiger charge is 2.28. The van der Waals surface area contributed by atoms with Gasteiger partial charge in [0.25, 0.3) is 0 Å². The minimum atomic E-state index is 0.128. The van der Waals surface area contributed by atoms with Crippen LogP contribution >= 0.6 is 0 Å². The Hall–Kier alpha value is -2.74. The van der Waals surface area contributed by atoms with E-state index < -0.39 is 0 Å². The van der Waals surface area contributed by atoms with Crippen LogP contribution in [0.3, 0.4) is 0 Å². The van der Waals surface area contributed by atoms with Gasteiger partial charge in [-0.2, -0.15) is 0 Å². The topological polar surface area (TPSA) is 12.5 Å². The van der Waals surface area contributed by atoms with Crippen LogP contribution < -0.4 is 9.64 Å². The van der Waals surface area contributed by atoms with Gasteiger partial charge in [0.05, 0.1) is 11.4 Å². The van der Waals surface area contributed by atoms with Crippen LogP contribution in [0.1, 0.15) is 38.3 Å². The second kappa shape index (κ2) is 6.21. The summed E-state index contributed by atoms with van der Waals surface area (Å²) in [4.78, 5) is 2.29. The molecule has 0 bridgehead atoms. The number of para-hydroxylation sites is 1. The number of benzene rings is 3. The second-order valence-corrected chi connectivity index (χ2v) is 7.66. The maximum Gasteiger partial charge on any atom is 0.151 e. The summed E-state index contributed by atoms with van der Waals surface area (Å²) < 4.78 is 6.35. The Kier molecular flexibility index (Phi) is 3.99. The molecule has 0 spiro atoms. The van der Waals surface area contributed by atoms with Gasteiger partial charge < -0.3 is 9.64 Å². The standard InChI is InChI=1S/C24H25NO/c1-5-24(3,4)18-12-14-21-23(16-18)26-22-15-17(2)11-13-20(22)25(21)19-9-7-6-8-10-19/h6-16H,5H2,1-4H3. The highest BCUT2D eigenvalue weighted by Crippen LogP contribution is 2.51. The molecule has 4 rings (SSSR count). The van der Waals surface area contributed by atoms with Gasteiger partial charge in [0, 0.05) is 5.69 Å². The van der Waals surface area contributed by atoms with Gasteiger partial charge in [0.2, 0.25) is 0 Å². The number of nitrogens with zero attached hydrogens (tertiary/aromatic N) is 1. The molecule has 26 heavy (non-hydrogen) atoms. The molecule has 1 aliphatic rings. The van der Waals surface area contributed by atoms with Gasteiger partial charge in [0.15, 0.2) is 11.5 Å². The molecule has 0 saturated heterocycles. The second-order valence-electron chi connectivity index (χ2n) is 7.66. The summed E-state index contributed by atoms with van der Waals surface area (Å²) in [5, 5.41) is 0. The third-order valence-electron chi connectivity index (χ3n) is 5.46. The van der Waals surface area contributed by atoms with E-state index in [0.717, 1.165) is 35.0 Å². The lowest BCUT2D eigenvalue weighted by Crippen LogP contribution is -2.19. The monoisotopic (exact) mass is 343 g/mol. The Balaban J connectivity index is 1.91. The average molecular weight is 343 g/mol. The zero-order chi connectivity index (χ0) is 18.3. The molecule has 2 nitrogen and oxygen atoms in total. The molecule has 0 amide bonds. The number of rotatable bonds is 3. The van der Waals surface area contributed by atoms with E-state index in [2.05, 4.69) is 93.3 Å². The number of hydrogen-bond acceptors (Lipinski definition) is 2. The maximum atomic E-state index is 6.35. The lowest BCUT2D eigenvalue weighted by Gasteiger charge is -2.34. The van der Waals surface area contributed by atoms with E-state index in [9.17, 15) is 0 Å². The van der Waals surface area contributed by atoms with Crippen molar-refractivity contribution in [1.29, 1.82) is 0 Å². The van der Waals surface area contributed by atoms with E-state index in [1.807, 2.05) is 6.07 Å². The first-order valence-electron chi connectivity index (χ1n) is 9.28. The van der Waals surface area contributed by atoms with Gasteiger partial charge in [-0.3, -0.25) is 0 Å². The molecular formula is C24H25NO. The largest absolute Gasteiger partial charge is 0.453 e. The third-order valence-corrected chi connectivity index (χ3v) is 5.46. The molecule has 1 heterocycles. The van der Waals surface area contributed by atoms with Crippen LogP contribution in [0.25, 0.3) is 0 Å². The molecular weight excluding hydrogens is 318 g/mol. The van der Waals surface area contributed by atoms with E-state index in [1.165, 1.54) is 11.1 Å². The molecule has 3 aromatic carbocycles. The number of hydrogen-bond donors (Lipinski definition) is 0. The molecule has 0 unspecified atom stereocenters. The fourth-order valence-electron chi connectivity index (χ4n) is 3.40. The molecule has 0 saturated carbocycles. The van der Waals surface area contributed by atoms with Crippen molar-refractivity contribution in [3.8, 4) is 11.5 Å². The van der Waals surface area contributed by atoms with Crippen LogP contribution in [0, 0.1) is 6.92 Å². The van der Waals surface area contributed by atoms with Crippen LogP contribution in [-0.2, 0) is 5.41 Å². The number of anilines is 3. The number of aryl methyl sites for hydroxylation is 1.